The van der Waals surface area contributed by atoms with Crippen LogP contribution < -0.4 is 5.32 Å². The summed E-state index contributed by atoms with van der Waals surface area (Å²) in [5.41, 5.74) is 0.734. The fourth-order valence-electron chi connectivity index (χ4n) is 3.45. The van der Waals surface area contributed by atoms with Crippen molar-refractivity contribution in [2.45, 2.75) is 64.4 Å². The average Bonchev–Trinajstić information content (AvgIpc) is 2.78. The first-order chi connectivity index (χ1) is 16.2. The Morgan fingerprint density at radius 3 is 2.32 bits per heavy atom. The highest BCUT2D eigenvalue weighted by molar-refractivity contribution is 7.17. The molecule has 34 heavy (non-hydrogen) atoms. The molecular weight excluding hydrogens is 471 g/mol. The summed E-state index contributed by atoms with van der Waals surface area (Å²) in [5.74, 6) is -2.78. The molecule has 2 rings (SSSR count). The first-order valence-electron chi connectivity index (χ1n) is 10.5. The van der Waals surface area contributed by atoms with Gasteiger partial charge < -0.3 is 24.8 Å². The SMILES string of the molecule is CC(=O)OC(OC(C)=O)OC(OP=O)[C@@H](Cc1ccccc1)NC(=O)N1CCCC[C@H]1C(=O)O. The summed E-state index contributed by atoms with van der Waals surface area (Å²) in [6.07, 6.45) is 0.204. The Hall–Kier alpha value is -3.08. The lowest BCUT2D eigenvalue weighted by molar-refractivity contribution is -0.305. The van der Waals surface area contributed by atoms with E-state index in [0.717, 1.165) is 19.4 Å². The lowest BCUT2D eigenvalue weighted by atomic mass is 10.0. The normalized spacial score (nSPS) is 17.6. The number of aliphatic carboxylic acids is 1. The van der Waals surface area contributed by atoms with Crippen LogP contribution in [0.5, 0.6) is 0 Å². The van der Waals surface area contributed by atoms with Crippen LogP contribution in [0, 0.1) is 0 Å². The molecule has 2 N–H and O–H groups in total. The number of ether oxygens (including phenoxy) is 3. The van der Waals surface area contributed by atoms with Gasteiger partial charge in [-0.2, -0.15) is 0 Å². The van der Waals surface area contributed by atoms with Gasteiger partial charge in [0.05, 0.1) is 6.04 Å². The largest absolute Gasteiger partial charge is 0.480 e. The van der Waals surface area contributed by atoms with Gasteiger partial charge in [0, 0.05) is 20.4 Å². The second kappa shape index (κ2) is 13.6. The number of benzene rings is 1. The smallest absolute Gasteiger partial charge is 0.367 e. The molecule has 3 atom stereocenters. The van der Waals surface area contributed by atoms with Crippen LogP contribution in [0.4, 0.5) is 4.79 Å². The molecule has 0 bridgehead atoms. The molecule has 0 aliphatic carbocycles. The van der Waals surface area contributed by atoms with Crippen molar-refractivity contribution in [2.75, 3.05) is 6.54 Å². The number of nitrogens with one attached hydrogen (secondary N) is 1. The van der Waals surface area contributed by atoms with E-state index in [4.69, 9.17) is 18.7 Å². The Morgan fingerprint density at radius 1 is 1.12 bits per heavy atom. The fourth-order valence-corrected chi connectivity index (χ4v) is 3.73. The maximum atomic E-state index is 13.1. The lowest BCUT2D eigenvalue weighted by Crippen LogP contribution is -2.57. The zero-order chi connectivity index (χ0) is 25.1. The maximum Gasteiger partial charge on any atom is 0.367 e. The van der Waals surface area contributed by atoms with Gasteiger partial charge in [-0.05, 0) is 31.2 Å². The van der Waals surface area contributed by atoms with Crippen LogP contribution in [0.1, 0.15) is 38.7 Å². The number of carboxylic acid groups (broad SMARTS) is 1. The Bertz CT molecular complexity index is 852. The third kappa shape index (κ3) is 8.69. The molecule has 12 nitrogen and oxygen atoms in total. The van der Waals surface area contributed by atoms with Crippen LogP contribution >= 0.6 is 8.69 Å². The summed E-state index contributed by atoms with van der Waals surface area (Å²) in [7, 11) is -0.828. The number of nitrogens with zero attached hydrogens (tertiary/aromatic N) is 1. The van der Waals surface area contributed by atoms with Gasteiger partial charge in [-0.3, -0.25) is 18.8 Å². The Morgan fingerprint density at radius 2 is 1.76 bits per heavy atom. The molecule has 1 unspecified atom stereocenters. The van der Waals surface area contributed by atoms with E-state index in [1.807, 2.05) is 0 Å². The summed E-state index contributed by atoms with van der Waals surface area (Å²) in [4.78, 5) is 48.7. The van der Waals surface area contributed by atoms with Crippen molar-refractivity contribution in [1.29, 1.82) is 0 Å². The van der Waals surface area contributed by atoms with Gasteiger partial charge in [-0.15, -0.1) is 0 Å². The molecule has 1 aliphatic heterocycles. The van der Waals surface area contributed by atoms with Crippen molar-refractivity contribution in [2.24, 2.45) is 0 Å². The van der Waals surface area contributed by atoms with Gasteiger partial charge in [0.1, 0.15) is 6.04 Å². The zero-order valence-corrected chi connectivity index (χ0v) is 19.6. The van der Waals surface area contributed by atoms with Crippen molar-refractivity contribution in [3.05, 3.63) is 35.9 Å². The number of carbonyl (C=O) groups is 4. The minimum Gasteiger partial charge on any atom is -0.480 e. The Labute approximate surface area is 197 Å². The van der Waals surface area contributed by atoms with E-state index in [-0.39, 0.29) is 13.0 Å². The van der Waals surface area contributed by atoms with E-state index < -0.39 is 57.5 Å². The first-order valence-corrected chi connectivity index (χ1v) is 11.3. The molecule has 1 aromatic carbocycles. The predicted octanol–water partition coefficient (Wildman–Crippen LogP) is 2.22. The van der Waals surface area contributed by atoms with E-state index in [2.05, 4.69) is 5.32 Å². The van der Waals surface area contributed by atoms with Gasteiger partial charge in [0.15, 0.2) is 6.29 Å². The molecule has 1 heterocycles. The maximum absolute atomic E-state index is 13.1. The minimum absolute atomic E-state index is 0.102. The number of carboxylic acids is 1. The minimum atomic E-state index is -1.83. The highest BCUT2D eigenvalue weighted by Crippen LogP contribution is 2.21. The zero-order valence-electron chi connectivity index (χ0n) is 18.7. The van der Waals surface area contributed by atoms with E-state index in [9.17, 15) is 28.8 Å². The van der Waals surface area contributed by atoms with E-state index in [1.165, 1.54) is 4.90 Å². The summed E-state index contributed by atoms with van der Waals surface area (Å²) in [5, 5.41) is 12.2. The summed E-state index contributed by atoms with van der Waals surface area (Å²) < 4.78 is 31.5. The first kappa shape index (κ1) is 27.2. The second-order valence-corrected chi connectivity index (χ2v) is 7.84. The van der Waals surface area contributed by atoms with Gasteiger partial charge in [0.25, 0.3) is 0 Å². The predicted molar refractivity (Wildman–Crippen MR) is 115 cm³/mol. The number of hydrogen-bond donors (Lipinski definition) is 2. The highest BCUT2D eigenvalue weighted by atomic mass is 31.1. The molecule has 13 heteroatoms. The van der Waals surface area contributed by atoms with Crippen LogP contribution in [-0.2, 0) is 44.1 Å². The number of carbonyl (C=O) groups excluding carboxylic acids is 3. The lowest BCUT2D eigenvalue weighted by Gasteiger charge is -2.35. The summed E-state index contributed by atoms with van der Waals surface area (Å²) in [6.45, 7) is 0.524. The van der Waals surface area contributed by atoms with Gasteiger partial charge in [0.2, 0.25) is 0 Å². The summed E-state index contributed by atoms with van der Waals surface area (Å²) >= 11 is 0. The van der Waals surface area contributed by atoms with Crippen LogP contribution in [0.2, 0.25) is 0 Å². The number of urea groups is 1. The monoisotopic (exact) mass is 498 g/mol. The van der Waals surface area contributed by atoms with Crippen LogP contribution in [0.15, 0.2) is 30.3 Å². The average molecular weight is 498 g/mol. The fraction of sp³-hybridized carbons (Fsp3) is 0.524. The molecule has 1 aliphatic rings. The molecule has 1 saturated heterocycles. The standard InChI is InChI=1S/C21H27N2O10P/c1-13(24)30-21(31-14(2)25)32-19(33-34-29)16(12-15-8-4-3-5-9-15)22-20(28)23-11-7-6-10-17(23)18(26)27/h3-5,8-9,16-17,19,21H,6-7,10-12H2,1-2H3,(H,22,28)(H,26,27)/t16-,17+,19?/m1/s1. The molecule has 1 aromatic rings. The van der Waals surface area contributed by atoms with Crippen molar-refractivity contribution in [3.63, 3.8) is 0 Å². The van der Waals surface area contributed by atoms with Gasteiger partial charge in [-0.1, -0.05) is 30.3 Å². The van der Waals surface area contributed by atoms with Crippen molar-refractivity contribution >= 4 is 32.6 Å². The molecular formula is C21H27N2O10P. The van der Waals surface area contributed by atoms with E-state index >= 15 is 0 Å². The highest BCUT2D eigenvalue weighted by Gasteiger charge is 2.36. The third-order valence-electron chi connectivity index (χ3n) is 4.90. The molecule has 2 amide bonds. The molecule has 186 valence electrons. The third-order valence-corrected chi connectivity index (χ3v) is 5.19. The van der Waals surface area contributed by atoms with Gasteiger partial charge in [-0.25, -0.2) is 14.2 Å². The van der Waals surface area contributed by atoms with Crippen LogP contribution in [0.3, 0.4) is 0 Å². The second-order valence-electron chi connectivity index (χ2n) is 7.48. The van der Waals surface area contributed by atoms with Crippen LogP contribution in [0.25, 0.3) is 0 Å². The number of amides is 2. The van der Waals surface area contributed by atoms with Gasteiger partial charge >= 0.3 is 39.1 Å². The van der Waals surface area contributed by atoms with Crippen molar-refractivity contribution < 1.29 is 47.6 Å². The number of piperidine rings is 1. The molecule has 1 fully saturated rings. The van der Waals surface area contributed by atoms with Crippen molar-refractivity contribution in [3.8, 4) is 0 Å². The molecule has 0 spiro atoms. The number of hydrogen-bond acceptors (Lipinski definition) is 9. The topological polar surface area (TPSA) is 158 Å². The number of rotatable bonds is 11. The van der Waals surface area contributed by atoms with E-state index in [1.54, 1.807) is 30.3 Å². The molecule has 0 radical (unpaired) electrons. The van der Waals surface area contributed by atoms with Crippen molar-refractivity contribution in [1.82, 2.24) is 10.2 Å². The quantitative estimate of drug-likeness (QED) is 0.263. The molecule has 0 aromatic heterocycles. The summed E-state index contributed by atoms with van der Waals surface area (Å²) in [6, 6.07) is 6.12. The number of esters is 2. The number of likely N-dealkylation sites (tertiary alicyclic amines) is 1. The molecule has 0 saturated carbocycles. The van der Waals surface area contributed by atoms with Crippen LogP contribution in [-0.4, -0.2) is 65.3 Å². The van der Waals surface area contributed by atoms with E-state index in [0.29, 0.717) is 19.3 Å². The Balaban J connectivity index is 2.30. The Kier molecular flexibility index (Phi) is 10.9.